The lowest BCUT2D eigenvalue weighted by molar-refractivity contribution is 1.33. The molecule has 0 fully saturated rings. The van der Waals surface area contributed by atoms with Gasteiger partial charge in [-0.25, -0.2) is 0 Å². The van der Waals surface area contributed by atoms with Gasteiger partial charge in [0.1, 0.15) is 0 Å². The third-order valence-corrected chi connectivity index (χ3v) is 4.69. The maximum absolute atomic E-state index is 4.44. The standard InChI is InChI=1S/C23H16BrN/c24-22-8-4-6-20(16-22)18-12-10-17(11-13-18)19-5-3-7-21(15-19)23-9-1-2-14-25-23/h1-16H. The van der Waals surface area contributed by atoms with Crippen LogP contribution < -0.4 is 0 Å². The van der Waals surface area contributed by atoms with E-state index >= 15 is 0 Å². The Kier molecular flexibility index (Phi) is 4.45. The van der Waals surface area contributed by atoms with Crippen LogP contribution in [0, 0.1) is 0 Å². The molecular formula is C23H16BrN. The largest absolute Gasteiger partial charge is 0.256 e. The Morgan fingerprint density at radius 2 is 1.16 bits per heavy atom. The molecule has 1 aromatic heterocycles. The first-order valence-electron chi connectivity index (χ1n) is 8.17. The van der Waals surface area contributed by atoms with E-state index in [0.29, 0.717) is 0 Å². The maximum Gasteiger partial charge on any atom is 0.0702 e. The van der Waals surface area contributed by atoms with Crippen molar-refractivity contribution in [1.82, 2.24) is 4.98 Å². The van der Waals surface area contributed by atoms with Crippen LogP contribution in [0.1, 0.15) is 0 Å². The summed E-state index contributed by atoms with van der Waals surface area (Å²) < 4.78 is 1.09. The molecule has 4 aromatic rings. The van der Waals surface area contributed by atoms with Crippen LogP contribution in [0.3, 0.4) is 0 Å². The van der Waals surface area contributed by atoms with E-state index in [2.05, 4.69) is 87.6 Å². The predicted molar refractivity (Wildman–Crippen MR) is 108 cm³/mol. The molecule has 25 heavy (non-hydrogen) atoms. The second-order valence-corrected chi connectivity index (χ2v) is 6.80. The topological polar surface area (TPSA) is 12.9 Å². The van der Waals surface area contributed by atoms with Crippen molar-refractivity contribution in [2.45, 2.75) is 0 Å². The van der Waals surface area contributed by atoms with Crippen molar-refractivity contribution in [2.24, 2.45) is 0 Å². The zero-order chi connectivity index (χ0) is 17.1. The first-order valence-corrected chi connectivity index (χ1v) is 8.97. The second kappa shape index (κ2) is 7.04. The third-order valence-electron chi connectivity index (χ3n) is 4.20. The predicted octanol–water partition coefficient (Wildman–Crippen LogP) is 6.85. The highest BCUT2D eigenvalue weighted by Gasteiger charge is 2.04. The van der Waals surface area contributed by atoms with Crippen molar-refractivity contribution in [3.63, 3.8) is 0 Å². The molecule has 0 atom stereocenters. The molecule has 1 nitrogen and oxygen atoms in total. The minimum absolute atomic E-state index is 0.995. The van der Waals surface area contributed by atoms with Crippen molar-refractivity contribution < 1.29 is 0 Å². The number of aromatic nitrogens is 1. The SMILES string of the molecule is Brc1cccc(-c2ccc(-c3cccc(-c4ccccn4)c3)cc2)c1. The molecule has 120 valence electrons. The average Bonchev–Trinajstić information content (AvgIpc) is 2.69. The van der Waals surface area contributed by atoms with Crippen molar-refractivity contribution >= 4 is 15.9 Å². The maximum atomic E-state index is 4.44. The number of benzene rings is 3. The van der Waals surface area contributed by atoms with Crippen LogP contribution in [0.4, 0.5) is 0 Å². The van der Waals surface area contributed by atoms with E-state index in [0.717, 1.165) is 15.7 Å². The summed E-state index contributed by atoms with van der Waals surface area (Å²) in [4.78, 5) is 4.44. The van der Waals surface area contributed by atoms with Gasteiger partial charge in [0.15, 0.2) is 0 Å². The van der Waals surface area contributed by atoms with Gasteiger partial charge in [0.05, 0.1) is 5.69 Å². The van der Waals surface area contributed by atoms with Gasteiger partial charge < -0.3 is 0 Å². The lowest BCUT2D eigenvalue weighted by Crippen LogP contribution is -1.84. The van der Waals surface area contributed by atoms with E-state index < -0.39 is 0 Å². The Bertz CT molecular complexity index is 992. The molecule has 0 amide bonds. The highest BCUT2D eigenvalue weighted by Crippen LogP contribution is 2.28. The highest BCUT2D eigenvalue weighted by atomic mass is 79.9. The van der Waals surface area contributed by atoms with Crippen LogP contribution in [0.2, 0.25) is 0 Å². The Morgan fingerprint density at radius 3 is 1.80 bits per heavy atom. The summed E-state index contributed by atoms with van der Waals surface area (Å²) >= 11 is 3.53. The third kappa shape index (κ3) is 3.54. The molecule has 0 aliphatic heterocycles. The molecular weight excluding hydrogens is 370 g/mol. The molecule has 0 saturated carbocycles. The Labute approximate surface area is 156 Å². The molecule has 0 bridgehead atoms. The molecule has 0 aliphatic carbocycles. The summed E-state index contributed by atoms with van der Waals surface area (Å²) in [5.74, 6) is 0. The molecule has 2 heteroatoms. The number of pyridine rings is 1. The summed E-state index contributed by atoms with van der Waals surface area (Å²) in [6, 6.07) is 31.6. The van der Waals surface area contributed by atoms with E-state index in [4.69, 9.17) is 0 Å². The zero-order valence-electron chi connectivity index (χ0n) is 13.6. The van der Waals surface area contributed by atoms with E-state index in [1.165, 1.54) is 22.3 Å². The van der Waals surface area contributed by atoms with Gasteiger partial charge in [-0.2, -0.15) is 0 Å². The summed E-state index contributed by atoms with van der Waals surface area (Å²) in [6.45, 7) is 0. The number of nitrogens with zero attached hydrogens (tertiary/aromatic N) is 1. The molecule has 0 N–H and O–H groups in total. The lowest BCUT2D eigenvalue weighted by atomic mass is 9.98. The Morgan fingerprint density at radius 1 is 0.520 bits per heavy atom. The molecule has 1 heterocycles. The normalized spacial score (nSPS) is 10.6. The number of halogens is 1. The van der Waals surface area contributed by atoms with Gasteiger partial charge >= 0.3 is 0 Å². The number of rotatable bonds is 3. The fraction of sp³-hybridized carbons (Fsp3) is 0. The van der Waals surface area contributed by atoms with E-state index in [1.807, 2.05) is 30.5 Å². The average molecular weight is 386 g/mol. The van der Waals surface area contributed by atoms with Crippen LogP contribution in [0.5, 0.6) is 0 Å². The monoisotopic (exact) mass is 385 g/mol. The van der Waals surface area contributed by atoms with Crippen molar-refractivity contribution in [1.29, 1.82) is 0 Å². The minimum atomic E-state index is 0.995. The van der Waals surface area contributed by atoms with Crippen molar-refractivity contribution in [3.8, 4) is 33.5 Å². The zero-order valence-corrected chi connectivity index (χ0v) is 15.1. The van der Waals surface area contributed by atoms with Gasteiger partial charge in [-0.05, 0) is 52.6 Å². The first-order chi connectivity index (χ1) is 12.3. The number of hydrogen-bond acceptors (Lipinski definition) is 1. The summed E-state index contributed by atoms with van der Waals surface area (Å²) in [6.07, 6.45) is 1.83. The first kappa shape index (κ1) is 15.8. The molecule has 0 saturated heterocycles. The van der Waals surface area contributed by atoms with Crippen LogP contribution in [-0.4, -0.2) is 4.98 Å². The fourth-order valence-electron chi connectivity index (χ4n) is 2.91. The van der Waals surface area contributed by atoms with Gasteiger partial charge in [0, 0.05) is 16.2 Å². The molecule has 0 aliphatic rings. The summed E-state index contributed by atoms with van der Waals surface area (Å²) in [5, 5.41) is 0. The molecule has 0 radical (unpaired) electrons. The molecule has 4 rings (SSSR count). The molecule has 0 unspecified atom stereocenters. The van der Waals surface area contributed by atoms with Gasteiger partial charge in [-0.3, -0.25) is 4.98 Å². The van der Waals surface area contributed by atoms with Crippen molar-refractivity contribution in [3.05, 3.63) is 102 Å². The van der Waals surface area contributed by atoms with E-state index in [-0.39, 0.29) is 0 Å². The van der Waals surface area contributed by atoms with Crippen molar-refractivity contribution in [2.75, 3.05) is 0 Å². The fourth-order valence-corrected chi connectivity index (χ4v) is 3.31. The minimum Gasteiger partial charge on any atom is -0.256 e. The highest BCUT2D eigenvalue weighted by molar-refractivity contribution is 9.10. The Balaban J connectivity index is 1.67. The molecule has 3 aromatic carbocycles. The van der Waals surface area contributed by atoms with Crippen LogP contribution in [0.15, 0.2) is 102 Å². The quantitative estimate of drug-likeness (QED) is 0.375. The van der Waals surface area contributed by atoms with E-state index in [1.54, 1.807) is 0 Å². The van der Waals surface area contributed by atoms with Crippen LogP contribution in [-0.2, 0) is 0 Å². The Hall–Kier alpha value is -2.71. The van der Waals surface area contributed by atoms with Gasteiger partial charge in [0.2, 0.25) is 0 Å². The van der Waals surface area contributed by atoms with Crippen LogP contribution in [0.25, 0.3) is 33.5 Å². The second-order valence-electron chi connectivity index (χ2n) is 5.88. The van der Waals surface area contributed by atoms with E-state index in [9.17, 15) is 0 Å². The molecule has 0 spiro atoms. The van der Waals surface area contributed by atoms with Gasteiger partial charge in [-0.1, -0.05) is 76.6 Å². The lowest BCUT2D eigenvalue weighted by Gasteiger charge is -2.07. The smallest absolute Gasteiger partial charge is 0.0702 e. The summed E-state index contributed by atoms with van der Waals surface area (Å²) in [7, 11) is 0. The van der Waals surface area contributed by atoms with Gasteiger partial charge in [0.25, 0.3) is 0 Å². The number of hydrogen-bond donors (Lipinski definition) is 0. The summed E-state index contributed by atoms with van der Waals surface area (Å²) in [5.41, 5.74) is 6.96. The van der Waals surface area contributed by atoms with Crippen LogP contribution >= 0.6 is 15.9 Å². The van der Waals surface area contributed by atoms with Gasteiger partial charge in [-0.15, -0.1) is 0 Å².